The molecule has 1 aliphatic heterocycles. The van der Waals surface area contributed by atoms with E-state index >= 15 is 0 Å². The molecule has 1 aromatic rings. The first-order valence-corrected chi connectivity index (χ1v) is 12.0. The van der Waals surface area contributed by atoms with E-state index in [1.807, 2.05) is 26.8 Å². The predicted molar refractivity (Wildman–Crippen MR) is 135 cm³/mol. The second kappa shape index (κ2) is 13.6. The monoisotopic (exact) mass is 568 g/mol. The third kappa shape index (κ3) is 10.5. The van der Waals surface area contributed by atoms with Gasteiger partial charge in [-0.05, 0) is 51.7 Å². The van der Waals surface area contributed by atoms with E-state index in [2.05, 4.69) is 20.3 Å². The van der Waals surface area contributed by atoms with Crippen LogP contribution in [0.15, 0.2) is 34.2 Å². The van der Waals surface area contributed by atoms with Crippen LogP contribution < -0.4 is 15.4 Å². The molecule has 0 spiro atoms. The summed E-state index contributed by atoms with van der Waals surface area (Å²) in [4.78, 5) is 4.47. The van der Waals surface area contributed by atoms with Crippen molar-refractivity contribution in [1.82, 2.24) is 15.4 Å². The number of hydrogen-bond donors (Lipinski definition) is 3. The summed E-state index contributed by atoms with van der Waals surface area (Å²) in [5, 5.41) is 6.41. The van der Waals surface area contributed by atoms with E-state index < -0.39 is 15.6 Å². The van der Waals surface area contributed by atoms with Gasteiger partial charge in [-0.2, -0.15) is 0 Å². The second-order valence-corrected chi connectivity index (χ2v) is 10.0. The summed E-state index contributed by atoms with van der Waals surface area (Å²) in [5.74, 6) is 0.616. The Morgan fingerprint density at radius 3 is 2.65 bits per heavy atom. The lowest BCUT2D eigenvalue weighted by Crippen LogP contribution is -2.41. The lowest BCUT2D eigenvalue weighted by Gasteiger charge is -2.22. The van der Waals surface area contributed by atoms with Crippen LogP contribution >= 0.6 is 24.0 Å². The number of aliphatic imine (C=N–C) groups is 1. The highest BCUT2D eigenvalue weighted by Crippen LogP contribution is 2.17. The average molecular weight is 569 g/mol. The van der Waals surface area contributed by atoms with Crippen LogP contribution in [0, 0.1) is 0 Å². The van der Waals surface area contributed by atoms with Gasteiger partial charge in [0.05, 0.1) is 17.6 Å². The molecule has 10 heteroatoms. The second-order valence-electron chi connectivity index (χ2n) is 8.38. The summed E-state index contributed by atoms with van der Waals surface area (Å²) in [6, 6.07) is 6.97. The summed E-state index contributed by atoms with van der Waals surface area (Å²) in [6.45, 7) is 8.66. The smallest absolute Gasteiger partial charge is 0.241 e. The van der Waals surface area contributed by atoms with Gasteiger partial charge in [0.25, 0.3) is 0 Å². The summed E-state index contributed by atoms with van der Waals surface area (Å²) < 4.78 is 39.4. The van der Waals surface area contributed by atoms with Crippen LogP contribution in [0.4, 0.5) is 0 Å². The molecule has 3 N–H and O–H groups in total. The van der Waals surface area contributed by atoms with Crippen LogP contribution in [0.2, 0.25) is 0 Å². The van der Waals surface area contributed by atoms with Crippen molar-refractivity contribution in [3.05, 3.63) is 29.8 Å². The minimum absolute atomic E-state index is 0. The molecule has 0 saturated carbocycles. The number of hydrogen-bond acceptors (Lipinski definition) is 5. The number of nitrogens with zero attached hydrogens (tertiary/aromatic N) is 1. The van der Waals surface area contributed by atoms with Crippen molar-refractivity contribution in [3.63, 3.8) is 0 Å². The van der Waals surface area contributed by atoms with Crippen molar-refractivity contribution in [3.8, 4) is 0 Å². The third-order valence-corrected chi connectivity index (χ3v) is 6.32. The topological polar surface area (TPSA) is 101 Å². The molecular formula is C21H37IN4O4S. The minimum Gasteiger partial charge on any atom is -0.379 e. The highest BCUT2D eigenvalue weighted by molar-refractivity contribution is 14.0. The van der Waals surface area contributed by atoms with Gasteiger partial charge in [-0.15, -0.1) is 24.0 Å². The minimum atomic E-state index is -3.61. The van der Waals surface area contributed by atoms with Crippen molar-refractivity contribution in [2.45, 2.75) is 63.1 Å². The molecule has 1 unspecified atom stereocenters. The summed E-state index contributed by atoms with van der Waals surface area (Å²) in [5.41, 5.74) is 0.125. The molecule has 1 saturated heterocycles. The Kier molecular flexibility index (Phi) is 12.3. The van der Waals surface area contributed by atoms with Crippen LogP contribution in [-0.2, 0) is 26.0 Å². The Hall–Kier alpha value is -0.950. The van der Waals surface area contributed by atoms with Crippen LogP contribution in [0.25, 0.3) is 0 Å². The molecule has 1 heterocycles. The standard InChI is InChI=1S/C21H36N4O4S.HI/c1-21(2,3)25-30(26,27)19-11-6-5-9-17(19)15-24-20(22-4)23-12-8-13-28-16-18-10-7-14-29-18;/h5-6,9,11,18,25H,7-8,10,12-16H2,1-4H3,(H2,22,23,24);1H. The first kappa shape index (κ1) is 28.1. The SMILES string of the molecule is CN=C(NCCCOCC1CCCO1)NCc1ccccc1S(=O)(=O)NC(C)(C)C.I. The molecule has 0 aliphatic carbocycles. The average Bonchev–Trinajstić information content (AvgIpc) is 3.18. The molecular weight excluding hydrogens is 531 g/mol. The molecule has 1 fully saturated rings. The Labute approximate surface area is 204 Å². The van der Waals surface area contributed by atoms with Crippen molar-refractivity contribution in [1.29, 1.82) is 0 Å². The van der Waals surface area contributed by atoms with Gasteiger partial charge >= 0.3 is 0 Å². The largest absolute Gasteiger partial charge is 0.379 e. The van der Waals surface area contributed by atoms with Gasteiger partial charge in [0.15, 0.2) is 5.96 Å². The number of benzene rings is 1. The summed E-state index contributed by atoms with van der Waals surface area (Å²) >= 11 is 0. The Balaban J connectivity index is 0.00000480. The van der Waals surface area contributed by atoms with Gasteiger partial charge in [0.1, 0.15) is 0 Å². The van der Waals surface area contributed by atoms with Crippen LogP contribution in [0.5, 0.6) is 0 Å². The Morgan fingerprint density at radius 2 is 2.00 bits per heavy atom. The fourth-order valence-electron chi connectivity index (χ4n) is 3.14. The van der Waals surface area contributed by atoms with E-state index in [0.29, 0.717) is 37.8 Å². The normalized spacial score (nSPS) is 17.3. The van der Waals surface area contributed by atoms with E-state index in [9.17, 15) is 8.42 Å². The van der Waals surface area contributed by atoms with Crippen molar-refractivity contribution in [2.24, 2.45) is 4.99 Å². The zero-order valence-corrected chi connectivity index (χ0v) is 22.1. The van der Waals surface area contributed by atoms with Crippen molar-refractivity contribution in [2.75, 3.05) is 33.4 Å². The molecule has 0 aromatic heterocycles. The molecule has 1 aliphatic rings. The predicted octanol–water partition coefficient (Wildman–Crippen LogP) is 2.63. The Bertz CT molecular complexity index is 791. The summed E-state index contributed by atoms with van der Waals surface area (Å²) in [6.07, 6.45) is 3.29. The van der Waals surface area contributed by atoms with E-state index in [-0.39, 0.29) is 35.0 Å². The number of sulfonamides is 1. The lowest BCUT2D eigenvalue weighted by molar-refractivity contribution is 0.0168. The van der Waals surface area contributed by atoms with Crippen LogP contribution in [0.3, 0.4) is 0 Å². The zero-order valence-electron chi connectivity index (χ0n) is 18.9. The van der Waals surface area contributed by atoms with E-state index in [1.165, 1.54) is 0 Å². The van der Waals surface area contributed by atoms with E-state index in [1.54, 1.807) is 25.2 Å². The fraction of sp³-hybridized carbons (Fsp3) is 0.667. The molecule has 31 heavy (non-hydrogen) atoms. The number of rotatable bonds is 10. The van der Waals surface area contributed by atoms with Crippen molar-refractivity contribution < 1.29 is 17.9 Å². The maximum absolute atomic E-state index is 12.7. The van der Waals surface area contributed by atoms with Gasteiger partial charge in [-0.3, -0.25) is 4.99 Å². The lowest BCUT2D eigenvalue weighted by atomic mass is 10.1. The highest BCUT2D eigenvalue weighted by atomic mass is 127. The van der Waals surface area contributed by atoms with E-state index in [4.69, 9.17) is 9.47 Å². The summed E-state index contributed by atoms with van der Waals surface area (Å²) in [7, 11) is -1.93. The third-order valence-electron chi connectivity index (χ3n) is 4.46. The zero-order chi connectivity index (χ0) is 22.0. The van der Waals surface area contributed by atoms with Crippen molar-refractivity contribution >= 4 is 40.0 Å². The number of halogens is 1. The first-order valence-electron chi connectivity index (χ1n) is 10.5. The van der Waals surface area contributed by atoms with Gasteiger partial charge in [0, 0.05) is 38.9 Å². The Morgan fingerprint density at radius 1 is 1.26 bits per heavy atom. The number of ether oxygens (including phenoxy) is 2. The molecule has 2 rings (SSSR count). The van der Waals surface area contributed by atoms with Gasteiger partial charge in [-0.25, -0.2) is 13.1 Å². The maximum Gasteiger partial charge on any atom is 0.241 e. The van der Waals surface area contributed by atoms with Crippen LogP contribution in [0.1, 0.15) is 45.6 Å². The maximum atomic E-state index is 12.7. The molecule has 0 amide bonds. The molecule has 0 bridgehead atoms. The van der Waals surface area contributed by atoms with Crippen LogP contribution in [-0.4, -0.2) is 59.4 Å². The quantitative estimate of drug-likeness (QED) is 0.174. The molecule has 1 atom stereocenters. The van der Waals surface area contributed by atoms with Gasteiger partial charge < -0.3 is 20.1 Å². The van der Waals surface area contributed by atoms with Gasteiger partial charge in [0.2, 0.25) is 10.0 Å². The fourth-order valence-corrected chi connectivity index (χ4v) is 4.80. The molecule has 1 aromatic carbocycles. The molecule has 0 radical (unpaired) electrons. The van der Waals surface area contributed by atoms with Gasteiger partial charge in [-0.1, -0.05) is 18.2 Å². The number of guanidine groups is 1. The molecule has 178 valence electrons. The molecule has 8 nitrogen and oxygen atoms in total. The van der Waals surface area contributed by atoms with E-state index in [0.717, 1.165) is 25.9 Å². The highest BCUT2D eigenvalue weighted by Gasteiger charge is 2.24. The first-order chi connectivity index (χ1) is 14.2. The number of nitrogens with one attached hydrogen (secondary N) is 3.